The van der Waals surface area contributed by atoms with Crippen molar-refractivity contribution in [2.75, 3.05) is 26.3 Å². The second kappa shape index (κ2) is 10.8. The van der Waals surface area contributed by atoms with Gasteiger partial charge in [0.15, 0.2) is 0 Å². The van der Waals surface area contributed by atoms with E-state index < -0.39 is 6.10 Å². The average Bonchev–Trinajstić information content (AvgIpc) is 3.19. The molecular weight excluding hydrogens is 390 g/mol. The van der Waals surface area contributed by atoms with Crippen LogP contribution in [0.1, 0.15) is 17.5 Å². The van der Waals surface area contributed by atoms with Crippen LogP contribution >= 0.6 is 0 Å². The van der Waals surface area contributed by atoms with Crippen molar-refractivity contribution in [3.8, 4) is 12.3 Å². The van der Waals surface area contributed by atoms with Crippen molar-refractivity contribution in [1.29, 1.82) is 0 Å². The lowest BCUT2D eigenvalue weighted by atomic mass is 10.0. The third-order valence-electron chi connectivity index (χ3n) is 4.66. The number of aliphatic hydroxyl groups excluding tert-OH is 1. The van der Waals surface area contributed by atoms with Crippen LogP contribution < -0.4 is 0 Å². The zero-order chi connectivity index (χ0) is 21.3. The van der Waals surface area contributed by atoms with Crippen molar-refractivity contribution < 1.29 is 23.5 Å². The maximum absolute atomic E-state index is 13.2. The van der Waals surface area contributed by atoms with Crippen molar-refractivity contribution in [3.05, 3.63) is 71.3 Å². The van der Waals surface area contributed by atoms with Crippen molar-refractivity contribution in [1.82, 2.24) is 4.90 Å². The summed E-state index contributed by atoms with van der Waals surface area (Å²) >= 11 is 0. The lowest BCUT2D eigenvalue weighted by Crippen LogP contribution is -2.39. The Balaban J connectivity index is 1.60. The molecule has 0 saturated carbocycles. The summed E-state index contributed by atoms with van der Waals surface area (Å²) < 4.78 is 31.6. The van der Waals surface area contributed by atoms with Crippen LogP contribution in [0.3, 0.4) is 0 Å². The fourth-order valence-electron chi connectivity index (χ4n) is 3.28. The van der Waals surface area contributed by atoms with E-state index in [2.05, 4.69) is 11.1 Å². The molecule has 158 valence electrons. The number of aliphatic hydroxyl groups is 1. The van der Waals surface area contributed by atoms with E-state index in [9.17, 15) is 13.9 Å². The fraction of sp³-hybridized carbons (Fsp3) is 0.348. The molecule has 7 heteroatoms. The molecule has 0 aromatic heterocycles. The highest BCUT2D eigenvalue weighted by molar-refractivity contribution is 6.01. The summed E-state index contributed by atoms with van der Waals surface area (Å²) in [5.41, 5.74) is 2.47. The van der Waals surface area contributed by atoms with Gasteiger partial charge >= 0.3 is 0 Å². The number of oxime groups is 1. The highest BCUT2D eigenvalue weighted by Gasteiger charge is 2.26. The molecule has 1 N–H and O–H groups in total. The number of ether oxygens (including phenoxy) is 1. The van der Waals surface area contributed by atoms with Crippen molar-refractivity contribution in [3.63, 3.8) is 0 Å². The van der Waals surface area contributed by atoms with Gasteiger partial charge in [0.25, 0.3) is 0 Å². The monoisotopic (exact) mass is 414 g/mol. The number of hydrogen-bond donors (Lipinski definition) is 1. The van der Waals surface area contributed by atoms with Gasteiger partial charge in [-0.2, -0.15) is 0 Å². The Bertz CT molecular complexity index is 879. The van der Waals surface area contributed by atoms with Gasteiger partial charge in [0.05, 0.1) is 18.4 Å². The smallest absolute Gasteiger partial charge is 0.145 e. The third-order valence-corrected chi connectivity index (χ3v) is 4.66. The van der Waals surface area contributed by atoms with Crippen LogP contribution in [0.5, 0.6) is 0 Å². The number of benzene rings is 2. The molecule has 0 bridgehead atoms. The molecule has 0 saturated heterocycles. The summed E-state index contributed by atoms with van der Waals surface area (Å²) in [5.74, 6) is 1.76. The zero-order valence-electron chi connectivity index (χ0n) is 16.5. The van der Waals surface area contributed by atoms with E-state index in [1.165, 1.54) is 24.3 Å². The molecule has 1 heterocycles. The molecular formula is C23H24F2N2O3. The van der Waals surface area contributed by atoms with Crippen molar-refractivity contribution in [2.45, 2.75) is 25.2 Å². The maximum atomic E-state index is 13.2. The Kier molecular flexibility index (Phi) is 7.91. The van der Waals surface area contributed by atoms with Gasteiger partial charge < -0.3 is 14.7 Å². The predicted octanol–water partition coefficient (Wildman–Crippen LogP) is 2.97. The fourth-order valence-corrected chi connectivity index (χ4v) is 3.28. The summed E-state index contributed by atoms with van der Waals surface area (Å²) in [5, 5.41) is 14.4. The Morgan fingerprint density at radius 1 is 1.17 bits per heavy atom. The molecule has 0 radical (unpaired) electrons. The quantitative estimate of drug-likeness (QED) is 0.480. The molecule has 2 atom stereocenters. The van der Waals surface area contributed by atoms with Crippen molar-refractivity contribution >= 4 is 5.71 Å². The second-order valence-electron chi connectivity index (χ2n) is 7.17. The highest BCUT2D eigenvalue weighted by Crippen LogP contribution is 2.19. The van der Waals surface area contributed by atoms with E-state index >= 15 is 0 Å². The van der Waals surface area contributed by atoms with Gasteiger partial charge in [0, 0.05) is 26.1 Å². The van der Waals surface area contributed by atoms with Crippen LogP contribution in [0.25, 0.3) is 0 Å². The van der Waals surface area contributed by atoms with Gasteiger partial charge in [-0.1, -0.05) is 35.3 Å². The molecule has 1 aliphatic rings. The van der Waals surface area contributed by atoms with E-state index in [1.807, 2.05) is 4.90 Å². The minimum absolute atomic E-state index is 0.118. The van der Waals surface area contributed by atoms with E-state index in [-0.39, 0.29) is 31.0 Å². The Morgan fingerprint density at radius 2 is 1.83 bits per heavy atom. The summed E-state index contributed by atoms with van der Waals surface area (Å²) in [6.07, 6.45) is 4.77. The van der Waals surface area contributed by atoms with Crippen LogP contribution in [-0.2, 0) is 16.1 Å². The number of halogens is 2. The highest BCUT2D eigenvalue weighted by atomic mass is 19.1. The van der Waals surface area contributed by atoms with Gasteiger partial charge in [-0.05, 0) is 35.4 Å². The zero-order valence-corrected chi connectivity index (χ0v) is 16.5. The van der Waals surface area contributed by atoms with Crippen molar-refractivity contribution in [2.24, 2.45) is 5.16 Å². The lowest BCUT2D eigenvalue weighted by molar-refractivity contribution is 0.00418. The summed E-state index contributed by atoms with van der Waals surface area (Å²) in [7, 11) is 0. The predicted molar refractivity (Wildman–Crippen MR) is 110 cm³/mol. The van der Waals surface area contributed by atoms with Gasteiger partial charge in [-0.15, -0.1) is 6.42 Å². The molecule has 3 rings (SSSR count). The first-order valence-electron chi connectivity index (χ1n) is 9.68. The Hall–Kier alpha value is -2.79. The van der Waals surface area contributed by atoms with Crippen LogP contribution in [-0.4, -0.2) is 54.2 Å². The molecule has 0 fully saturated rings. The molecule has 30 heavy (non-hydrogen) atoms. The number of terminal acetylenes is 1. The molecule has 2 aromatic rings. The second-order valence-corrected chi connectivity index (χ2v) is 7.17. The Morgan fingerprint density at radius 3 is 2.50 bits per heavy atom. The van der Waals surface area contributed by atoms with Crippen LogP contribution in [0.15, 0.2) is 53.7 Å². The average molecular weight is 414 g/mol. The summed E-state index contributed by atoms with van der Waals surface area (Å²) in [4.78, 5) is 7.58. The molecule has 2 unspecified atom stereocenters. The summed E-state index contributed by atoms with van der Waals surface area (Å²) in [6, 6.07) is 12.3. The first kappa shape index (κ1) is 21.9. The van der Waals surface area contributed by atoms with E-state index in [1.54, 1.807) is 24.3 Å². The number of nitrogens with zero attached hydrogens (tertiary/aromatic N) is 2. The largest absolute Gasteiger partial charge is 0.390 e. The first-order chi connectivity index (χ1) is 14.5. The first-order valence-corrected chi connectivity index (χ1v) is 9.68. The van der Waals surface area contributed by atoms with Crippen LogP contribution in [0, 0.1) is 24.0 Å². The molecule has 2 aromatic carbocycles. The molecule has 1 aliphatic heterocycles. The van der Waals surface area contributed by atoms with Crippen LogP contribution in [0.2, 0.25) is 0 Å². The molecule has 5 nitrogen and oxygen atoms in total. The van der Waals surface area contributed by atoms with Gasteiger partial charge in [-0.3, -0.25) is 4.90 Å². The van der Waals surface area contributed by atoms with E-state index in [0.717, 1.165) is 16.8 Å². The maximum Gasteiger partial charge on any atom is 0.145 e. The third kappa shape index (κ3) is 6.63. The topological polar surface area (TPSA) is 54.3 Å². The minimum Gasteiger partial charge on any atom is -0.390 e. The van der Waals surface area contributed by atoms with Crippen LogP contribution in [0.4, 0.5) is 8.78 Å². The SMILES string of the molecule is C#CCOCC(O)CN(Cc1ccc(F)cc1)CC1CC(c2ccc(F)cc2)=NO1. The lowest BCUT2D eigenvalue weighted by Gasteiger charge is -2.27. The molecule has 0 amide bonds. The number of hydrogen-bond acceptors (Lipinski definition) is 5. The van der Waals surface area contributed by atoms with Gasteiger partial charge in [0.2, 0.25) is 0 Å². The van der Waals surface area contributed by atoms with Gasteiger partial charge in [-0.25, -0.2) is 8.78 Å². The number of rotatable bonds is 10. The minimum atomic E-state index is -0.738. The molecule has 0 spiro atoms. The normalized spacial score (nSPS) is 16.8. The van der Waals surface area contributed by atoms with E-state index in [4.69, 9.17) is 16.0 Å². The van der Waals surface area contributed by atoms with E-state index in [0.29, 0.717) is 26.1 Å². The van der Waals surface area contributed by atoms with Gasteiger partial charge in [0.1, 0.15) is 24.3 Å². The standard InChI is InChI=1S/C23H24F2N2O3/c1-2-11-29-16-21(28)14-27(13-17-3-7-19(24)8-4-17)15-22-12-23(26-30-22)18-5-9-20(25)10-6-18/h1,3-10,21-22,28H,11-16H2. The summed E-state index contributed by atoms with van der Waals surface area (Å²) in [6.45, 7) is 1.58. The Labute approximate surface area is 174 Å². The molecule has 0 aliphatic carbocycles.